The van der Waals surface area contributed by atoms with Crippen LogP contribution in [0.5, 0.6) is 0 Å². The summed E-state index contributed by atoms with van der Waals surface area (Å²) in [4.78, 5) is 26.8. The third-order valence-electron chi connectivity index (χ3n) is 4.87. The highest BCUT2D eigenvalue weighted by Crippen LogP contribution is 2.30. The van der Waals surface area contributed by atoms with Crippen LogP contribution in [0.3, 0.4) is 0 Å². The minimum absolute atomic E-state index is 0.00191. The number of amides is 3. The van der Waals surface area contributed by atoms with E-state index in [-0.39, 0.29) is 28.7 Å². The van der Waals surface area contributed by atoms with Crippen molar-refractivity contribution in [2.45, 2.75) is 18.8 Å². The van der Waals surface area contributed by atoms with Crippen molar-refractivity contribution in [2.24, 2.45) is 0 Å². The first kappa shape index (κ1) is 21.2. The fourth-order valence-corrected chi connectivity index (χ4v) is 4.40. The van der Waals surface area contributed by atoms with E-state index in [2.05, 4.69) is 20.8 Å². The Morgan fingerprint density at radius 2 is 1.90 bits per heavy atom. The van der Waals surface area contributed by atoms with Crippen molar-refractivity contribution in [3.63, 3.8) is 0 Å². The molecular weight excluding hydrogens is 441 g/mol. The fourth-order valence-electron chi connectivity index (χ4n) is 3.34. The van der Waals surface area contributed by atoms with Crippen molar-refractivity contribution in [3.05, 3.63) is 69.4 Å². The molecule has 4 rings (SSSR count). The molecule has 2 heterocycles. The summed E-state index contributed by atoms with van der Waals surface area (Å²) in [5.41, 5.74) is 1.11. The number of urea groups is 1. The Morgan fingerprint density at radius 3 is 2.68 bits per heavy atom. The van der Waals surface area contributed by atoms with E-state index in [0.717, 1.165) is 17.8 Å². The third-order valence-corrected chi connectivity index (χ3v) is 6.19. The van der Waals surface area contributed by atoms with Crippen molar-refractivity contribution in [2.75, 3.05) is 23.7 Å². The summed E-state index contributed by atoms with van der Waals surface area (Å²) in [5, 5.41) is 15.2. The zero-order chi connectivity index (χ0) is 21.8. The van der Waals surface area contributed by atoms with Crippen LogP contribution in [0.1, 0.15) is 33.6 Å². The van der Waals surface area contributed by atoms with Crippen LogP contribution < -0.4 is 10.6 Å². The highest BCUT2D eigenvalue weighted by Gasteiger charge is 2.28. The average Bonchev–Trinajstić information content (AvgIpc) is 3.26. The van der Waals surface area contributed by atoms with Crippen LogP contribution in [-0.4, -0.2) is 40.1 Å². The molecule has 0 spiro atoms. The van der Waals surface area contributed by atoms with Gasteiger partial charge < -0.3 is 15.5 Å². The van der Waals surface area contributed by atoms with Gasteiger partial charge in [0.05, 0.1) is 0 Å². The van der Waals surface area contributed by atoms with Crippen molar-refractivity contribution >= 4 is 46.3 Å². The average molecular weight is 460 g/mol. The van der Waals surface area contributed by atoms with E-state index in [4.69, 9.17) is 11.6 Å². The molecule has 1 aromatic heterocycles. The number of benzene rings is 2. The lowest BCUT2D eigenvalue weighted by Gasteiger charge is -2.31. The molecule has 1 fully saturated rings. The zero-order valence-corrected chi connectivity index (χ0v) is 17.9. The van der Waals surface area contributed by atoms with Gasteiger partial charge in [0.25, 0.3) is 5.91 Å². The van der Waals surface area contributed by atoms with E-state index < -0.39 is 0 Å². The van der Waals surface area contributed by atoms with E-state index in [1.165, 1.54) is 35.6 Å². The van der Waals surface area contributed by atoms with Gasteiger partial charge in [0.2, 0.25) is 5.01 Å². The molecule has 0 saturated carbocycles. The Bertz CT molecular complexity index is 1090. The van der Waals surface area contributed by atoms with Crippen LogP contribution in [0.2, 0.25) is 5.02 Å². The summed E-state index contributed by atoms with van der Waals surface area (Å²) >= 11 is 7.17. The molecule has 160 valence electrons. The van der Waals surface area contributed by atoms with Crippen molar-refractivity contribution in [1.29, 1.82) is 0 Å². The number of likely N-dealkylation sites (tertiary alicyclic amines) is 1. The number of carbonyl (C=O) groups is 2. The van der Waals surface area contributed by atoms with Crippen LogP contribution >= 0.6 is 22.9 Å². The zero-order valence-electron chi connectivity index (χ0n) is 16.3. The number of rotatable bonds is 4. The highest BCUT2D eigenvalue weighted by molar-refractivity contribution is 7.13. The number of nitrogens with zero attached hydrogens (tertiary/aromatic N) is 3. The second-order valence-electron chi connectivity index (χ2n) is 7.13. The summed E-state index contributed by atoms with van der Waals surface area (Å²) < 4.78 is 13.0. The van der Waals surface area contributed by atoms with E-state index in [0.29, 0.717) is 29.5 Å². The fraction of sp³-hybridized carbons (Fsp3) is 0.238. The van der Waals surface area contributed by atoms with Gasteiger partial charge in [0.1, 0.15) is 10.8 Å². The Morgan fingerprint density at radius 1 is 1.10 bits per heavy atom. The number of nitrogens with one attached hydrogen (secondary N) is 2. The molecule has 3 amide bonds. The molecule has 10 heteroatoms. The summed E-state index contributed by atoms with van der Waals surface area (Å²) in [5.74, 6) is -0.715. The first-order valence-corrected chi connectivity index (χ1v) is 10.9. The molecule has 1 saturated heterocycles. The number of halogens is 2. The van der Waals surface area contributed by atoms with Crippen LogP contribution in [0, 0.1) is 5.82 Å². The summed E-state index contributed by atoms with van der Waals surface area (Å²) in [6.45, 7) is 1.09. The lowest BCUT2D eigenvalue weighted by atomic mass is 9.99. The third kappa shape index (κ3) is 5.36. The lowest BCUT2D eigenvalue weighted by molar-refractivity contribution is 0.102. The quantitative estimate of drug-likeness (QED) is 0.575. The van der Waals surface area contributed by atoms with Crippen molar-refractivity contribution in [3.8, 4) is 0 Å². The minimum Gasteiger partial charge on any atom is -0.324 e. The molecule has 0 radical (unpaired) electrons. The molecule has 31 heavy (non-hydrogen) atoms. The topological polar surface area (TPSA) is 87.2 Å². The maximum absolute atomic E-state index is 13.0. The first-order valence-electron chi connectivity index (χ1n) is 9.70. The Labute approximate surface area is 187 Å². The normalized spacial score (nSPS) is 16.1. The van der Waals surface area contributed by atoms with Crippen LogP contribution in [0.4, 0.5) is 20.6 Å². The van der Waals surface area contributed by atoms with Crippen molar-refractivity contribution in [1.82, 2.24) is 15.1 Å². The van der Waals surface area contributed by atoms with Crippen molar-refractivity contribution < 1.29 is 14.0 Å². The van der Waals surface area contributed by atoms with Crippen LogP contribution in [-0.2, 0) is 0 Å². The second-order valence-corrected chi connectivity index (χ2v) is 8.58. The van der Waals surface area contributed by atoms with Gasteiger partial charge in [-0.25, -0.2) is 9.18 Å². The Kier molecular flexibility index (Phi) is 6.43. The standard InChI is InChI=1S/C21H19ClFN5O2S/c22-14-4-1-5-17(11-14)24-18(29)20-27-26-19(31-20)13-3-2-10-28(12-13)21(30)25-16-8-6-15(23)7-9-16/h1,4-9,11,13H,2-3,10,12H2,(H,24,29)(H,25,30)/t13-/m1/s1. The monoisotopic (exact) mass is 459 g/mol. The van der Waals surface area contributed by atoms with Gasteiger partial charge in [-0.3, -0.25) is 4.79 Å². The molecule has 3 aromatic rings. The number of anilines is 2. The smallest absolute Gasteiger partial charge is 0.321 e. The van der Waals surface area contributed by atoms with Gasteiger partial charge in [-0.1, -0.05) is 29.0 Å². The molecule has 0 aliphatic carbocycles. The maximum atomic E-state index is 13.0. The lowest BCUT2D eigenvalue weighted by Crippen LogP contribution is -2.41. The Hall–Kier alpha value is -3.04. The van der Waals surface area contributed by atoms with E-state index in [1.54, 1.807) is 29.2 Å². The molecule has 2 aromatic carbocycles. The van der Waals surface area contributed by atoms with E-state index >= 15 is 0 Å². The van der Waals surface area contributed by atoms with Gasteiger partial charge in [-0.2, -0.15) is 0 Å². The SMILES string of the molecule is O=C(Nc1cccc(Cl)c1)c1nnc([C@@H]2CCCN(C(=O)Nc3ccc(F)cc3)C2)s1. The highest BCUT2D eigenvalue weighted by atomic mass is 35.5. The van der Waals surface area contributed by atoms with E-state index in [9.17, 15) is 14.0 Å². The van der Waals surface area contributed by atoms with Crippen LogP contribution in [0.15, 0.2) is 48.5 Å². The van der Waals surface area contributed by atoms with Gasteiger partial charge in [0, 0.05) is 35.4 Å². The summed E-state index contributed by atoms with van der Waals surface area (Å²) in [7, 11) is 0. The van der Waals surface area contributed by atoms with Gasteiger partial charge in [0.15, 0.2) is 0 Å². The first-order chi connectivity index (χ1) is 15.0. The number of aromatic nitrogens is 2. The summed E-state index contributed by atoms with van der Waals surface area (Å²) in [6.07, 6.45) is 1.66. The van der Waals surface area contributed by atoms with Gasteiger partial charge in [-0.15, -0.1) is 10.2 Å². The number of hydrogen-bond donors (Lipinski definition) is 2. The van der Waals surface area contributed by atoms with Gasteiger partial charge in [-0.05, 0) is 55.3 Å². The maximum Gasteiger partial charge on any atom is 0.321 e. The number of hydrogen-bond acceptors (Lipinski definition) is 5. The molecule has 7 nitrogen and oxygen atoms in total. The van der Waals surface area contributed by atoms with Crippen LogP contribution in [0.25, 0.3) is 0 Å². The number of piperidine rings is 1. The predicted octanol–water partition coefficient (Wildman–Crippen LogP) is 4.99. The Balaban J connectivity index is 1.38. The molecular formula is C21H19ClFN5O2S. The molecule has 1 atom stereocenters. The molecule has 1 aliphatic rings. The molecule has 1 aliphatic heterocycles. The molecule has 2 N–H and O–H groups in total. The largest absolute Gasteiger partial charge is 0.324 e. The molecule has 0 bridgehead atoms. The number of carbonyl (C=O) groups excluding carboxylic acids is 2. The predicted molar refractivity (Wildman–Crippen MR) is 118 cm³/mol. The second kappa shape index (κ2) is 9.40. The minimum atomic E-state index is -0.359. The summed E-state index contributed by atoms with van der Waals surface area (Å²) in [6, 6.07) is 12.2. The van der Waals surface area contributed by atoms with Gasteiger partial charge >= 0.3 is 6.03 Å². The molecule has 0 unspecified atom stereocenters. The van der Waals surface area contributed by atoms with E-state index in [1.807, 2.05) is 0 Å².